The van der Waals surface area contributed by atoms with Crippen LogP contribution in [-0.4, -0.2) is 17.9 Å². The average molecular weight is 431 g/mol. The number of hydrogen-bond acceptors (Lipinski definition) is 3. The van der Waals surface area contributed by atoms with Crippen LogP contribution in [0.2, 0.25) is 0 Å². The van der Waals surface area contributed by atoms with Gasteiger partial charge in [-0.3, -0.25) is 14.5 Å². The van der Waals surface area contributed by atoms with Crippen LogP contribution in [0.4, 0.5) is 18.9 Å². The quantitative estimate of drug-likeness (QED) is 0.563. The molecule has 0 N–H and O–H groups in total. The maximum atomic E-state index is 13.6. The lowest BCUT2D eigenvalue weighted by atomic mass is 9.77. The van der Waals surface area contributed by atoms with Gasteiger partial charge in [-0.05, 0) is 48.9 Å². The van der Waals surface area contributed by atoms with Crippen molar-refractivity contribution in [3.05, 3.63) is 70.9 Å². The number of carbonyl (C=O) groups excluding carboxylic acids is 2. The Morgan fingerprint density at radius 3 is 2.37 bits per heavy atom. The molecule has 1 amide bonds. The van der Waals surface area contributed by atoms with E-state index in [4.69, 9.17) is 0 Å². The van der Waals surface area contributed by atoms with Gasteiger partial charge in [0, 0.05) is 34.9 Å². The third-order valence-electron chi connectivity index (χ3n) is 5.64. The van der Waals surface area contributed by atoms with Crippen molar-refractivity contribution >= 4 is 29.1 Å². The summed E-state index contributed by atoms with van der Waals surface area (Å²) in [7, 11) is 0. The summed E-state index contributed by atoms with van der Waals surface area (Å²) in [5, 5.41) is 0. The number of halogens is 3. The molecule has 3 nitrogen and oxygen atoms in total. The molecule has 1 heterocycles. The molecule has 0 saturated heterocycles. The Morgan fingerprint density at radius 1 is 1.00 bits per heavy atom. The summed E-state index contributed by atoms with van der Waals surface area (Å²) in [4.78, 5) is 28.2. The second kappa shape index (κ2) is 7.95. The van der Waals surface area contributed by atoms with E-state index in [-0.39, 0.29) is 17.9 Å². The number of thioether (sulfide) groups is 1. The van der Waals surface area contributed by atoms with Gasteiger partial charge in [-0.2, -0.15) is 13.2 Å². The summed E-state index contributed by atoms with van der Waals surface area (Å²) in [5.74, 6) is -0.929. The van der Waals surface area contributed by atoms with Crippen molar-refractivity contribution in [2.45, 2.75) is 42.7 Å². The standard InChI is InChI=1S/C23H20F3NO2S/c1-30-15-11-9-14(10-12-15)16-13-21(29)27(19-7-4-8-20(28)22(16)19)18-6-3-2-5-17(18)23(24,25)26/h2-3,5-6,9-12,16H,4,7-8,13H2,1H3. The predicted molar refractivity (Wildman–Crippen MR) is 110 cm³/mol. The largest absolute Gasteiger partial charge is 0.418 e. The van der Waals surface area contributed by atoms with Crippen molar-refractivity contribution in [1.29, 1.82) is 0 Å². The van der Waals surface area contributed by atoms with Gasteiger partial charge in [0.25, 0.3) is 0 Å². The van der Waals surface area contributed by atoms with E-state index in [1.165, 1.54) is 18.2 Å². The molecule has 2 aromatic carbocycles. The Morgan fingerprint density at radius 2 is 1.70 bits per heavy atom. The summed E-state index contributed by atoms with van der Waals surface area (Å²) in [6, 6.07) is 12.7. The number of rotatable bonds is 3. The summed E-state index contributed by atoms with van der Waals surface area (Å²) in [6.45, 7) is 0. The van der Waals surface area contributed by atoms with Gasteiger partial charge in [0.2, 0.25) is 5.91 Å². The van der Waals surface area contributed by atoms with Crippen molar-refractivity contribution in [1.82, 2.24) is 0 Å². The summed E-state index contributed by atoms with van der Waals surface area (Å²) in [5.41, 5.74) is 0.667. The smallest absolute Gasteiger partial charge is 0.294 e. The second-order valence-electron chi connectivity index (χ2n) is 7.41. The zero-order valence-corrected chi connectivity index (χ0v) is 17.1. The first-order chi connectivity index (χ1) is 14.3. The number of anilines is 1. The van der Waals surface area contributed by atoms with Gasteiger partial charge in [0.1, 0.15) is 0 Å². The molecule has 0 fully saturated rings. The number of alkyl halides is 3. The van der Waals surface area contributed by atoms with Gasteiger partial charge in [-0.25, -0.2) is 0 Å². The van der Waals surface area contributed by atoms with Crippen LogP contribution in [0.3, 0.4) is 0 Å². The topological polar surface area (TPSA) is 37.4 Å². The van der Waals surface area contributed by atoms with Gasteiger partial charge in [0.15, 0.2) is 5.78 Å². The molecule has 0 bridgehead atoms. The van der Waals surface area contributed by atoms with Crippen LogP contribution >= 0.6 is 11.8 Å². The number of ketones is 1. The molecule has 7 heteroatoms. The van der Waals surface area contributed by atoms with Crippen LogP contribution in [0.25, 0.3) is 0 Å². The van der Waals surface area contributed by atoms with Gasteiger partial charge in [0.05, 0.1) is 11.3 Å². The third-order valence-corrected chi connectivity index (χ3v) is 6.39. The predicted octanol–water partition coefficient (Wildman–Crippen LogP) is 5.95. The van der Waals surface area contributed by atoms with Crippen LogP contribution in [-0.2, 0) is 15.8 Å². The van der Waals surface area contributed by atoms with Crippen LogP contribution in [0.5, 0.6) is 0 Å². The molecule has 2 aromatic rings. The van der Waals surface area contributed by atoms with Crippen LogP contribution < -0.4 is 4.90 Å². The number of allylic oxidation sites excluding steroid dienone is 2. The highest BCUT2D eigenvalue weighted by Gasteiger charge is 2.43. The second-order valence-corrected chi connectivity index (χ2v) is 8.29. The molecule has 0 radical (unpaired) electrons. The van der Waals surface area contributed by atoms with Crippen molar-refractivity contribution < 1.29 is 22.8 Å². The van der Waals surface area contributed by atoms with Crippen molar-refractivity contribution in [3.8, 4) is 0 Å². The van der Waals surface area contributed by atoms with E-state index in [2.05, 4.69) is 0 Å². The maximum Gasteiger partial charge on any atom is 0.418 e. The van der Waals surface area contributed by atoms with E-state index in [0.717, 1.165) is 21.4 Å². The zero-order valence-electron chi connectivity index (χ0n) is 16.3. The number of nitrogens with zero attached hydrogens (tertiary/aromatic N) is 1. The number of carbonyl (C=O) groups is 2. The van der Waals surface area contributed by atoms with Gasteiger partial charge in [-0.1, -0.05) is 24.3 Å². The van der Waals surface area contributed by atoms with Crippen molar-refractivity contribution in [2.75, 3.05) is 11.2 Å². The molecule has 4 rings (SSSR count). The van der Waals surface area contributed by atoms with E-state index in [1.54, 1.807) is 11.8 Å². The van der Waals surface area contributed by atoms with E-state index in [9.17, 15) is 22.8 Å². The Hall–Kier alpha value is -2.54. The molecule has 156 valence electrons. The van der Waals surface area contributed by atoms with E-state index in [0.29, 0.717) is 30.5 Å². The van der Waals surface area contributed by atoms with E-state index in [1.807, 2.05) is 30.5 Å². The minimum Gasteiger partial charge on any atom is -0.294 e. The first-order valence-electron chi connectivity index (χ1n) is 9.70. The molecule has 30 heavy (non-hydrogen) atoms. The lowest BCUT2D eigenvalue weighted by Gasteiger charge is -2.39. The maximum absolute atomic E-state index is 13.6. The Balaban J connectivity index is 1.86. The molecular weight excluding hydrogens is 411 g/mol. The molecule has 0 aromatic heterocycles. The summed E-state index contributed by atoms with van der Waals surface area (Å²) < 4.78 is 40.9. The normalized spacial score (nSPS) is 19.9. The fourth-order valence-electron chi connectivity index (χ4n) is 4.30. The Kier molecular flexibility index (Phi) is 5.49. The average Bonchev–Trinajstić information content (AvgIpc) is 2.73. The first kappa shape index (κ1) is 20.7. The minimum atomic E-state index is -4.60. The third kappa shape index (κ3) is 3.67. The van der Waals surface area contributed by atoms with Gasteiger partial charge in [-0.15, -0.1) is 11.8 Å². The van der Waals surface area contributed by atoms with E-state index >= 15 is 0 Å². The molecule has 0 saturated carbocycles. The molecule has 1 atom stereocenters. The molecule has 1 aliphatic carbocycles. The van der Waals surface area contributed by atoms with Crippen LogP contribution in [0.15, 0.2) is 64.7 Å². The fraction of sp³-hybridized carbons (Fsp3) is 0.304. The SMILES string of the molecule is CSc1ccc(C2CC(=O)N(c3ccccc3C(F)(F)F)C3=C2C(=O)CCC3)cc1. The minimum absolute atomic E-state index is 0.0324. The molecule has 1 aliphatic heterocycles. The Labute approximate surface area is 177 Å². The number of Topliss-reactive ketones (excluding diaryl/α,β-unsaturated/α-hetero) is 1. The van der Waals surface area contributed by atoms with Gasteiger partial charge >= 0.3 is 6.18 Å². The number of para-hydroxylation sites is 1. The lowest BCUT2D eigenvalue weighted by molar-refractivity contribution is -0.137. The molecule has 1 unspecified atom stereocenters. The fourth-order valence-corrected chi connectivity index (χ4v) is 4.71. The molecule has 0 spiro atoms. The van der Waals surface area contributed by atoms with Crippen LogP contribution in [0.1, 0.15) is 42.7 Å². The Bertz CT molecular complexity index is 1030. The number of benzene rings is 2. The first-order valence-corrected chi connectivity index (χ1v) is 10.9. The highest BCUT2D eigenvalue weighted by Crippen LogP contribution is 2.46. The number of hydrogen-bond donors (Lipinski definition) is 0. The van der Waals surface area contributed by atoms with Crippen molar-refractivity contribution in [3.63, 3.8) is 0 Å². The molecule has 2 aliphatic rings. The lowest BCUT2D eigenvalue weighted by Crippen LogP contribution is -2.41. The highest BCUT2D eigenvalue weighted by atomic mass is 32.2. The summed E-state index contributed by atoms with van der Waals surface area (Å²) in [6.07, 6.45) is -1.40. The number of amides is 1. The van der Waals surface area contributed by atoms with E-state index < -0.39 is 23.6 Å². The van der Waals surface area contributed by atoms with Gasteiger partial charge < -0.3 is 0 Å². The van der Waals surface area contributed by atoms with Crippen molar-refractivity contribution in [2.24, 2.45) is 0 Å². The monoisotopic (exact) mass is 431 g/mol. The molecular formula is C23H20F3NO2S. The zero-order chi connectivity index (χ0) is 21.5. The summed E-state index contributed by atoms with van der Waals surface area (Å²) >= 11 is 1.59. The van der Waals surface area contributed by atoms with Crippen LogP contribution in [0, 0.1) is 0 Å². The highest BCUT2D eigenvalue weighted by molar-refractivity contribution is 7.98.